The van der Waals surface area contributed by atoms with Gasteiger partial charge >= 0.3 is 0 Å². The Hall–Kier alpha value is -3.85. The van der Waals surface area contributed by atoms with Crippen molar-refractivity contribution in [3.05, 3.63) is 77.9 Å². The summed E-state index contributed by atoms with van der Waals surface area (Å²) in [6, 6.07) is 17.8. The van der Waals surface area contributed by atoms with Crippen LogP contribution in [0.2, 0.25) is 0 Å². The number of hydrogen-bond acceptors (Lipinski definition) is 5. The Balaban J connectivity index is 1.94. The molecule has 0 spiro atoms. The summed E-state index contributed by atoms with van der Waals surface area (Å²) in [5.41, 5.74) is 3.24. The van der Waals surface area contributed by atoms with Crippen LogP contribution in [0.4, 0.5) is 17.1 Å². The number of amides is 2. The number of nitrogens with one attached hydrogen (secondary N) is 2. The molecule has 9 heteroatoms. The van der Waals surface area contributed by atoms with Gasteiger partial charge in [-0.2, -0.15) is 0 Å². The predicted molar refractivity (Wildman–Crippen MR) is 133 cm³/mol. The van der Waals surface area contributed by atoms with Crippen LogP contribution in [0.1, 0.15) is 18.1 Å². The zero-order chi connectivity index (χ0) is 24.9. The molecule has 34 heavy (non-hydrogen) atoms. The fourth-order valence-corrected chi connectivity index (χ4v) is 4.72. The molecule has 2 N–H and O–H groups in total. The first-order chi connectivity index (χ1) is 16.1. The van der Waals surface area contributed by atoms with E-state index in [4.69, 9.17) is 4.74 Å². The molecule has 3 aromatic rings. The van der Waals surface area contributed by atoms with Crippen molar-refractivity contribution in [1.29, 1.82) is 0 Å². The van der Waals surface area contributed by atoms with E-state index in [2.05, 4.69) is 10.6 Å². The summed E-state index contributed by atoms with van der Waals surface area (Å²) in [5.74, 6) is -0.192. The summed E-state index contributed by atoms with van der Waals surface area (Å²) < 4.78 is 33.3. The van der Waals surface area contributed by atoms with Gasteiger partial charge in [0.05, 0.1) is 17.7 Å². The number of benzene rings is 3. The minimum Gasteiger partial charge on any atom is -0.497 e. The third kappa shape index (κ3) is 5.93. The van der Waals surface area contributed by atoms with Gasteiger partial charge in [0.1, 0.15) is 12.3 Å². The Morgan fingerprint density at radius 1 is 0.912 bits per heavy atom. The lowest BCUT2D eigenvalue weighted by molar-refractivity contribution is -0.115. The molecule has 0 aliphatic carbocycles. The number of hydrogen-bond donors (Lipinski definition) is 2. The van der Waals surface area contributed by atoms with E-state index in [9.17, 15) is 18.0 Å². The maximum atomic E-state index is 13.6. The fourth-order valence-electron chi connectivity index (χ4n) is 3.29. The van der Waals surface area contributed by atoms with E-state index >= 15 is 0 Å². The largest absolute Gasteiger partial charge is 0.497 e. The van der Waals surface area contributed by atoms with Crippen LogP contribution < -0.4 is 19.7 Å². The average molecular weight is 482 g/mol. The van der Waals surface area contributed by atoms with Gasteiger partial charge in [0.15, 0.2) is 0 Å². The van der Waals surface area contributed by atoms with Crippen molar-refractivity contribution in [1.82, 2.24) is 0 Å². The van der Waals surface area contributed by atoms with Crippen LogP contribution in [0, 0.1) is 13.8 Å². The van der Waals surface area contributed by atoms with E-state index in [1.807, 2.05) is 32.0 Å². The van der Waals surface area contributed by atoms with Gasteiger partial charge in [-0.05, 0) is 79.6 Å². The highest BCUT2D eigenvalue weighted by atomic mass is 32.2. The average Bonchev–Trinajstić information content (AvgIpc) is 2.80. The second-order valence-corrected chi connectivity index (χ2v) is 9.64. The number of carbonyl (C=O) groups excluding carboxylic acids is 2. The Morgan fingerprint density at radius 3 is 2.15 bits per heavy atom. The smallest absolute Gasteiger partial charge is 0.264 e. The molecular weight excluding hydrogens is 454 g/mol. The molecule has 0 saturated heterocycles. The van der Waals surface area contributed by atoms with Gasteiger partial charge in [0.25, 0.3) is 10.0 Å². The molecule has 0 aliphatic heterocycles. The number of rotatable bonds is 8. The molecule has 0 bridgehead atoms. The van der Waals surface area contributed by atoms with Gasteiger partial charge in [-0.1, -0.05) is 12.1 Å². The summed E-state index contributed by atoms with van der Waals surface area (Å²) in [7, 11) is -2.59. The molecule has 0 saturated carbocycles. The molecule has 178 valence electrons. The van der Waals surface area contributed by atoms with Crippen molar-refractivity contribution in [2.75, 3.05) is 28.6 Å². The molecule has 3 rings (SSSR count). The van der Waals surface area contributed by atoms with E-state index in [1.54, 1.807) is 24.3 Å². The number of aryl methyl sites for hydroxylation is 2. The van der Waals surface area contributed by atoms with Crippen molar-refractivity contribution < 1.29 is 22.7 Å². The Kier molecular flexibility index (Phi) is 7.57. The summed E-state index contributed by atoms with van der Waals surface area (Å²) >= 11 is 0. The Labute approximate surface area is 199 Å². The molecule has 0 radical (unpaired) electrons. The molecular formula is C25H27N3O5S. The quantitative estimate of drug-likeness (QED) is 0.504. The number of anilines is 3. The van der Waals surface area contributed by atoms with E-state index < -0.39 is 22.5 Å². The fraction of sp³-hybridized carbons (Fsp3) is 0.200. The monoisotopic (exact) mass is 481 g/mol. The van der Waals surface area contributed by atoms with E-state index in [-0.39, 0.29) is 10.8 Å². The van der Waals surface area contributed by atoms with Crippen LogP contribution in [0.15, 0.2) is 71.6 Å². The first kappa shape index (κ1) is 24.8. The third-order valence-corrected chi connectivity index (χ3v) is 6.87. The Bertz CT molecular complexity index is 1290. The highest BCUT2D eigenvalue weighted by Crippen LogP contribution is 2.27. The molecule has 0 heterocycles. The van der Waals surface area contributed by atoms with Crippen molar-refractivity contribution in [2.45, 2.75) is 25.7 Å². The minimum atomic E-state index is -4.11. The van der Waals surface area contributed by atoms with Crippen molar-refractivity contribution in [3.63, 3.8) is 0 Å². The van der Waals surface area contributed by atoms with Crippen LogP contribution >= 0.6 is 0 Å². The molecule has 0 aliphatic rings. The zero-order valence-corrected chi connectivity index (χ0v) is 20.3. The van der Waals surface area contributed by atoms with Gasteiger partial charge in [-0.15, -0.1) is 0 Å². The van der Waals surface area contributed by atoms with Crippen LogP contribution in [-0.4, -0.2) is 33.9 Å². The maximum Gasteiger partial charge on any atom is 0.264 e. The van der Waals surface area contributed by atoms with Gasteiger partial charge < -0.3 is 15.4 Å². The van der Waals surface area contributed by atoms with Crippen LogP contribution in [-0.2, 0) is 19.6 Å². The SMILES string of the molecule is COc1ccc(N(CC(=O)Nc2cc(C)ccc2C)S(=O)(=O)c2ccc(NC(C)=O)cc2)cc1. The van der Waals surface area contributed by atoms with E-state index in [1.165, 1.54) is 38.3 Å². The molecule has 0 aromatic heterocycles. The van der Waals surface area contributed by atoms with Crippen LogP contribution in [0.5, 0.6) is 5.75 Å². The first-order valence-electron chi connectivity index (χ1n) is 10.5. The molecule has 2 amide bonds. The maximum absolute atomic E-state index is 13.6. The summed E-state index contributed by atoms with van der Waals surface area (Å²) in [6.07, 6.45) is 0. The van der Waals surface area contributed by atoms with Gasteiger partial charge in [0.2, 0.25) is 11.8 Å². The summed E-state index contributed by atoms with van der Waals surface area (Å²) in [4.78, 5) is 24.2. The number of nitrogens with zero attached hydrogens (tertiary/aromatic N) is 1. The van der Waals surface area contributed by atoms with E-state index in [0.717, 1.165) is 15.4 Å². The van der Waals surface area contributed by atoms with E-state index in [0.29, 0.717) is 22.8 Å². The zero-order valence-electron chi connectivity index (χ0n) is 19.5. The molecule has 0 unspecified atom stereocenters. The lowest BCUT2D eigenvalue weighted by Gasteiger charge is -2.24. The Morgan fingerprint density at radius 2 is 1.56 bits per heavy atom. The van der Waals surface area contributed by atoms with Gasteiger partial charge in [-0.25, -0.2) is 8.42 Å². The first-order valence-corrected chi connectivity index (χ1v) is 12.0. The second kappa shape index (κ2) is 10.4. The van der Waals surface area contributed by atoms with Gasteiger partial charge in [0, 0.05) is 18.3 Å². The normalized spacial score (nSPS) is 10.9. The number of carbonyl (C=O) groups is 2. The van der Waals surface area contributed by atoms with Crippen molar-refractivity contribution in [3.8, 4) is 5.75 Å². The predicted octanol–water partition coefficient (Wildman–Crippen LogP) is 4.10. The topological polar surface area (TPSA) is 105 Å². The number of ether oxygens (including phenoxy) is 1. The second-order valence-electron chi connectivity index (χ2n) is 7.78. The standard InChI is InChI=1S/C25H27N3O5S/c1-17-5-6-18(2)24(15-17)27-25(30)16-28(21-9-11-22(33-4)12-10-21)34(31,32)23-13-7-20(8-14-23)26-19(3)29/h5-15H,16H2,1-4H3,(H,26,29)(H,27,30). The number of sulfonamides is 1. The third-order valence-electron chi connectivity index (χ3n) is 5.08. The molecule has 3 aromatic carbocycles. The van der Waals surface area contributed by atoms with Gasteiger partial charge in [-0.3, -0.25) is 13.9 Å². The highest BCUT2D eigenvalue weighted by Gasteiger charge is 2.27. The number of methoxy groups -OCH3 is 1. The van der Waals surface area contributed by atoms with Crippen LogP contribution in [0.3, 0.4) is 0 Å². The lowest BCUT2D eigenvalue weighted by Crippen LogP contribution is -2.38. The minimum absolute atomic E-state index is 0.0167. The summed E-state index contributed by atoms with van der Waals surface area (Å²) in [5, 5.41) is 5.41. The summed E-state index contributed by atoms with van der Waals surface area (Å²) in [6.45, 7) is 4.71. The van der Waals surface area contributed by atoms with Crippen LogP contribution in [0.25, 0.3) is 0 Å². The van der Waals surface area contributed by atoms with Crippen molar-refractivity contribution in [2.24, 2.45) is 0 Å². The lowest BCUT2D eigenvalue weighted by atomic mass is 10.1. The highest BCUT2D eigenvalue weighted by molar-refractivity contribution is 7.92. The molecule has 0 atom stereocenters. The molecule has 0 fully saturated rings. The molecule has 8 nitrogen and oxygen atoms in total. The van der Waals surface area contributed by atoms with Crippen molar-refractivity contribution >= 4 is 38.9 Å².